The first-order chi connectivity index (χ1) is 12.6. The van der Waals surface area contributed by atoms with Gasteiger partial charge in [0, 0.05) is 42.8 Å². The number of anilines is 2. The first-order valence-electron chi connectivity index (χ1n) is 8.54. The van der Waals surface area contributed by atoms with Gasteiger partial charge in [0.1, 0.15) is 0 Å². The van der Waals surface area contributed by atoms with Gasteiger partial charge >= 0.3 is 0 Å². The van der Waals surface area contributed by atoms with Crippen molar-refractivity contribution >= 4 is 29.5 Å². The normalized spacial score (nSPS) is 18.2. The summed E-state index contributed by atoms with van der Waals surface area (Å²) < 4.78 is 0. The number of nitrogen functional groups attached to an aromatic ring is 1. The SMILES string of the molecule is Nc1ncc(/C=C/C(=O)N2CCC3(CC2)C(=O)Nc2ccccc23)cn1. The lowest BCUT2D eigenvalue weighted by Gasteiger charge is -2.37. The molecule has 26 heavy (non-hydrogen) atoms. The number of carbonyl (C=O) groups is 2. The third-order valence-corrected chi connectivity index (χ3v) is 5.16. The van der Waals surface area contributed by atoms with Crippen LogP contribution in [0.1, 0.15) is 24.0 Å². The number of amides is 2. The molecule has 1 fully saturated rings. The van der Waals surface area contributed by atoms with E-state index in [2.05, 4.69) is 15.3 Å². The Balaban J connectivity index is 1.44. The number of benzene rings is 1. The van der Waals surface area contributed by atoms with Gasteiger partial charge in [-0.3, -0.25) is 9.59 Å². The van der Waals surface area contributed by atoms with Crippen molar-refractivity contribution < 1.29 is 9.59 Å². The summed E-state index contributed by atoms with van der Waals surface area (Å²) in [6, 6.07) is 7.81. The standard InChI is InChI=1S/C19H19N5O2/c20-18-21-11-13(12-22-18)5-6-16(25)24-9-7-19(8-10-24)14-3-1-2-4-15(14)23-17(19)26/h1-6,11-12H,7-10H2,(H,23,26)(H2,20,21,22)/b6-5+. The lowest BCUT2D eigenvalue weighted by atomic mass is 9.73. The summed E-state index contributed by atoms with van der Waals surface area (Å²) in [5.41, 5.74) is 7.59. The van der Waals surface area contributed by atoms with Crippen molar-refractivity contribution in [3.63, 3.8) is 0 Å². The number of likely N-dealkylation sites (tertiary alicyclic amines) is 1. The zero-order chi connectivity index (χ0) is 18.1. The summed E-state index contributed by atoms with van der Waals surface area (Å²) in [5.74, 6) is 0.161. The molecule has 1 saturated heterocycles. The van der Waals surface area contributed by atoms with Crippen LogP contribution in [0.15, 0.2) is 42.7 Å². The Morgan fingerprint density at radius 2 is 1.88 bits per heavy atom. The summed E-state index contributed by atoms with van der Waals surface area (Å²) in [7, 11) is 0. The van der Waals surface area contributed by atoms with E-state index >= 15 is 0 Å². The van der Waals surface area contributed by atoms with Gasteiger partial charge < -0.3 is 16.0 Å². The monoisotopic (exact) mass is 349 g/mol. The third-order valence-electron chi connectivity index (χ3n) is 5.16. The van der Waals surface area contributed by atoms with Crippen LogP contribution in [-0.2, 0) is 15.0 Å². The van der Waals surface area contributed by atoms with Gasteiger partial charge in [0.25, 0.3) is 0 Å². The fraction of sp³-hybridized carbons (Fsp3) is 0.263. The summed E-state index contributed by atoms with van der Waals surface area (Å²) in [6.07, 6.45) is 7.56. The number of fused-ring (bicyclic) bond motifs is 2. The average Bonchev–Trinajstić information content (AvgIpc) is 2.93. The molecule has 2 aromatic rings. The topological polar surface area (TPSA) is 101 Å². The number of carbonyl (C=O) groups excluding carboxylic acids is 2. The fourth-order valence-electron chi connectivity index (χ4n) is 3.69. The van der Waals surface area contributed by atoms with Gasteiger partial charge in [-0.25, -0.2) is 9.97 Å². The molecule has 0 saturated carbocycles. The molecule has 2 aliphatic rings. The lowest BCUT2D eigenvalue weighted by molar-refractivity contribution is -0.131. The van der Waals surface area contributed by atoms with E-state index in [4.69, 9.17) is 5.73 Å². The van der Waals surface area contributed by atoms with Gasteiger partial charge in [-0.15, -0.1) is 0 Å². The second-order valence-corrected chi connectivity index (χ2v) is 6.62. The van der Waals surface area contributed by atoms with Gasteiger partial charge in [0.15, 0.2) is 0 Å². The molecule has 0 atom stereocenters. The molecule has 0 radical (unpaired) electrons. The van der Waals surface area contributed by atoms with Crippen molar-refractivity contribution in [3.8, 4) is 0 Å². The first kappa shape index (κ1) is 16.3. The van der Waals surface area contributed by atoms with Crippen LogP contribution in [-0.4, -0.2) is 39.8 Å². The number of piperidine rings is 1. The lowest BCUT2D eigenvalue weighted by Crippen LogP contribution is -2.47. The Morgan fingerprint density at radius 1 is 1.19 bits per heavy atom. The molecule has 7 heteroatoms. The highest BCUT2D eigenvalue weighted by atomic mass is 16.2. The Kier molecular flexibility index (Phi) is 3.91. The number of rotatable bonds is 2. The second-order valence-electron chi connectivity index (χ2n) is 6.62. The maximum atomic E-state index is 12.6. The average molecular weight is 349 g/mol. The molecule has 0 bridgehead atoms. The minimum atomic E-state index is -0.512. The van der Waals surface area contributed by atoms with E-state index in [1.54, 1.807) is 23.4 Å². The van der Waals surface area contributed by atoms with Crippen LogP contribution in [0.3, 0.4) is 0 Å². The quantitative estimate of drug-likeness (QED) is 0.802. The Hall–Kier alpha value is -3.22. The molecular weight excluding hydrogens is 330 g/mol. The molecule has 4 rings (SSSR count). The van der Waals surface area contributed by atoms with Crippen LogP contribution in [0.5, 0.6) is 0 Å². The van der Waals surface area contributed by atoms with E-state index in [1.807, 2.05) is 24.3 Å². The first-order valence-corrected chi connectivity index (χ1v) is 8.54. The van der Waals surface area contributed by atoms with Gasteiger partial charge in [0.05, 0.1) is 5.41 Å². The maximum absolute atomic E-state index is 12.6. The van der Waals surface area contributed by atoms with Crippen LogP contribution in [0.4, 0.5) is 11.6 Å². The number of hydrogen-bond acceptors (Lipinski definition) is 5. The third kappa shape index (κ3) is 2.71. The van der Waals surface area contributed by atoms with E-state index in [-0.39, 0.29) is 17.8 Å². The van der Waals surface area contributed by atoms with Gasteiger partial charge in [-0.1, -0.05) is 18.2 Å². The molecule has 3 N–H and O–H groups in total. The molecule has 1 spiro atoms. The number of nitrogens with one attached hydrogen (secondary N) is 1. The van der Waals surface area contributed by atoms with Crippen LogP contribution >= 0.6 is 0 Å². The summed E-state index contributed by atoms with van der Waals surface area (Å²) in [4.78, 5) is 34.6. The second kappa shape index (κ2) is 6.25. The van der Waals surface area contributed by atoms with Crippen molar-refractivity contribution in [1.82, 2.24) is 14.9 Å². The molecule has 0 unspecified atom stereocenters. The van der Waals surface area contributed by atoms with Crippen molar-refractivity contribution in [2.24, 2.45) is 0 Å². The zero-order valence-corrected chi connectivity index (χ0v) is 14.2. The smallest absolute Gasteiger partial charge is 0.246 e. The van der Waals surface area contributed by atoms with E-state index in [1.165, 1.54) is 6.08 Å². The zero-order valence-electron chi connectivity index (χ0n) is 14.2. The van der Waals surface area contributed by atoms with Crippen LogP contribution in [0.2, 0.25) is 0 Å². The summed E-state index contributed by atoms with van der Waals surface area (Å²) in [5, 5.41) is 2.97. The molecule has 3 heterocycles. The maximum Gasteiger partial charge on any atom is 0.246 e. The molecule has 2 aliphatic heterocycles. The molecular formula is C19H19N5O2. The molecule has 1 aromatic heterocycles. The van der Waals surface area contributed by atoms with Crippen LogP contribution in [0.25, 0.3) is 6.08 Å². The number of nitrogens with zero attached hydrogens (tertiary/aromatic N) is 3. The molecule has 1 aromatic carbocycles. The van der Waals surface area contributed by atoms with Crippen molar-refractivity contribution in [3.05, 3.63) is 53.9 Å². The van der Waals surface area contributed by atoms with Gasteiger partial charge in [0.2, 0.25) is 17.8 Å². The number of hydrogen-bond donors (Lipinski definition) is 2. The van der Waals surface area contributed by atoms with Crippen LogP contribution in [0, 0.1) is 0 Å². The van der Waals surface area contributed by atoms with E-state index < -0.39 is 5.41 Å². The van der Waals surface area contributed by atoms with Crippen molar-refractivity contribution in [1.29, 1.82) is 0 Å². The van der Waals surface area contributed by atoms with E-state index in [9.17, 15) is 9.59 Å². The fourth-order valence-corrected chi connectivity index (χ4v) is 3.69. The molecule has 7 nitrogen and oxygen atoms in total. The molecule has 0 aliphatic carbocycles. The predicted octanol–water partition coefficient (Wildman–Crippen LogP) is 1.58. The van der Waals surface area contributed by atoms with Crippen molar-refractivity contribution in [2.75, 3.05) is 24.1 Å². The highest BCUT2D eigenvalue weighted by Gasteiger charge is 2.48. The van der Waals surface area contributed by atoms with Gasteiger partial charge in [-0.2, -0.15) is 0 Å². The number of aromatic nitrogens is 2. The van der Waals surface area contributed by atoms with Gasteiger partial charge in [-0.05, 0) is 30.5 Å². The highest BCUT2D eigenvalue weighted by Crippen LogP contribution is 2.44. The number of para-hydroxylation sites is 1. The number of nitrogens with two attached hydrogens (primary N) is 1. The summed E-state index contributed by atoms with van der Waals surface area (Å²) >= 11 is 0. The minimum Gasteiger partial charge on any atom is -0.368 e. The predicted molar refractivity (Wildman–Crippen MR) is 98.0 cm³/mol. The Labute approximate surface area is 150 Å². The van der Waals surface area contributed by atoms with Crippen molar-refractivity contribution in [2.45, 2.75) is 18.3 Å². The van der Waals surface area contributed by atoms with E-state index in [0.717, 1.165) is 11.3 Å². The highest BCUT2D eigenvalue weighted by molar-refractivity contribution is 6.06. The Morgan fingerprint density at radius 3 is 2.62 bits per heavy atom. The van der Waals surface area contributed by atoms with Crippen LogP contribution < -0.4 is 11.1 Å². The molecule has 132 valence electrons. The molecule has 2 amide bonds. The van der Waals surface area contributed by atoms with E-state index in [0.29, 0.717) is 31.5 Å². The largest absolute Gasteiger partial charge is 0.368 e. The summed E-state index contributed by atoms with van der Waals surface area (Å²) in [6.45, 7) is 1.09. The minimum absolute atomic E-state index is 0.0420. The Bertz CT molecular complexity index is 883.